The Morgan fingerprint density at radius 3 is 2.17 bits per heavy atom. The van der Waals surface area contributed by atoms with Crippen molar-refractivity contribution < 1.29 is 14.3 Å². The van der Waals surface area contributed by atoms with E-state index in [1.54, 1.807) is 24.3 Å². The number of hydrogen-bond acceptors (Lipinski definition) is 4. The van der Waals surface area contributed by atoms with Crippen LogP contribution in [0.3, 0.4) is 0 Å². The Bertz CT molecular complexity index is 829. The molecule has 0 aromatic heterocycles. The number of amides is 2. The van der Waals surface area contributed by atoms with Gasteiger partial charge in [0, 0.05) is 37.4 Å². The van der Waals surface area contributed by atoms with Gasteiger partial charge in [-0.3, -0.25) is 9.59 Å². The zero-order valence-corrected chi connectivity index (χ0v) is 18.0. The minimum Gasteiger partial charge on any atom is -0.494 e. The van der Waals surface area contributed by atoms with Gasteiger partial charge in [-0.2, -0.15) is 0 Å². The Hall–Kier alpha value is -3.02. The van der Waals surface area contributed by atoms with Crippen molar-refractivity contribution >= 4 is 17.5 Å². The fraction of sp³-hybridized carbons (Fsp3) is 0.417. The number of hydrogen-bond donors (Lipinski definition) is 1. The minimum atomic E-state index is -0.549. The highest BCUT2D eigenvalue weighted by Crippen LogP contribution is 2.18. The van der Waals surface area contributed by atoms with Crippen molar-refractivity contribution in [3.8, 4) is 5.75 Å². The van der Waals surface area contributed by atoms with E-state index in [1.807, 2.05) is 43.9 Å². The number of para-hydroxylation sites is 1. The maximum Gasteiger partial charge on any atom is 0.251 e. The largest absolute Gasteiger partial charge is 0.494 e. The lowest BCUT2D eigenvalue weighted by Crippen LogP contribution is -2.56. The average Bonchev–Trinajstić information content (AvgIpc) is 2.78. The van der Waals surface area contributed by atoms with E-state index in [0.717, 1.165) is 18.8 Å². The van der Waals surface area contributed by atoms with Gasteiger partial charge in [0.1, 0.15) is 11.8 Å². The van der Waals surface area contributed by atoms with Crippen LogP contribution in [0, 0.1) is 5.92 Å². The fourth-order valence-electron chi connectivity index (χ4n) is 3.63. The zero-order valence-electron chi connectivity index (χ0n) is 18.0. The van der Waals surface area contributed by atoms with E-state index in [0.29, 0.717) is 25.3 Å². The van der Waals surface area contributed by atoms with E-state index in [1.165, 1.54) is 5.69 Å². The van der Waals surface area contributed by atoms with Crippen molar-refractivity contribution in [2.75, 3.05) is 37.7 Å². The predicted octanol–water partition coefficient (Wildman–Crippen LogP) is 3.19. The fourth-order valence-corrected chi connectivity index (χ4v) is 3.63. The Balaban J connectivity index is 1.60. The monoisotopic (exact) mass is 409 g/mol. The molecule has 3 rings (SSSR count). The molecule has 160 valence electrons. The van der Waals surface area contributed by atoms with Crippen LogP contribution in [-0.2, 0) is 4.79 Å². The maximum atomic E-state index is 13.2. The van der Waals surface area contributed by atoms with Crippen LogP contribution in [0.4, 0.5) is 5.69 Å². The van der Waals surface area contributed by atoms with Gasteiger partial charge >= 0.3 is 0 Å². The van der Waals surface area contributed by atoms with Crippen LogP contribution < -0.4 is 15.0 Å². The Morgan fingerprint density at radius 1 is 0.967 bits per heavy atom. The summed E-state index contributed by atoms with van der Waals surface area (Å²) in [4.78, 5) is 30.0. The first-order valence-corrected chi connectivity index (χ1v) is 10.6. The lowest BCUT2D eigenvalue weighted by atomic mass is 10.0. The Morgan fingerprint density at radius 2 is 1.60 bits per heavy atom. The van der Waals surface area contributed by atoms with Crippen LogP contribution in [0.2, 0.25) is 0 Å². The average molecular weight is 410 g/mol. The van der Waals surface area contributed by atoms with Gasteiger partial charge in [0.05, 0.1) is 6.61 Å². The number of anilines is 1. The SMILES string of the molecule is CCOc1ccc(C(=O)N[C@H](C(=O)N2CCN(c3ccccc3)CC2)C(C)C)cc1. The normalized spacial score (nSPS) is 15.1. The summed E-state index contributed by atoms with van der Waals surface area (Å²) in [5, 5.41) is 2.94. The third-order valence-corrected chi connectivity index (χ3v) is 5.36. The molecule has 0 saturated carbocycles. The molecule has 2 aromatic carbocycles. The second kappa shape index (κ2) is 10.1. The quantitative estimate of drug-likeness (QED) is 0.763. The van der Waals surface area contributed by atoms with Crippen LogP contribution in [-0.4, -0.2) is 55.5 Å². The minimum absolute atomic E-state index is 0.00343. The molecule has 0 radical (unpaired) electrons. The molecular formula is C24H31N3O3. The van der Waals surface area contributed by atoms with Crippen molar-refractivity contribution in [3.63, 3.8) is 0 Å². The number of carbonyl (C=O) groups excluding carboxylic acids is 2. The summed E-state index contributed by atoms with van der Waals surface area (Å²) in [6.07, 6.45) is 0. The second-order valence-electron chi connectivity index (χ2n) is 7.80. The molecule has 0 unspecified atom stereocenters. The molecule has 1 aliphatic rings. The van der Waals surface area contributed by atoms with Gasteiger partial charge in [-0.05, 0) is 49.2 Å². The molecule has 0 aliphatic carbocycles. The lowest BCUT2D eigenvalue weighted by molar-refractivity contribution is -0.134. The standard InChI is InChI=1S/C24H31N3O3/c1-4-30-21-12-10-19(11-13-21)23(28)25-22(18(2)3)24(29)27-16-14-26(15-17-27)20-8-6-5-7-9-20/h5-13,18,22H,4,14-17H2,1-3H3,(H,25,28)/t22-/m0/s1. The van der Waals surface area contributed by atoms with Crippen molar-refractivity contribution in [2.24, 2.45) is 5.92 Å². The summed E-state index contributed by atoms with van der Waals surface area (Å²) < 4.78 is 5.42. The number of ether oxygens (including phenoxy) is 1. The van der Waals surface area contributed by atoms with E-state index < -0.39 is 6.04 Å². The number of rotatable bonds is 7. The van der Waals surface area contributed by atoms with Crippen molar-refractivity contribution in [1.82, 2.24) is 10.2 Å². The van der Waals surface area contributed by atoms with Gasteiger partial charge in [0.2, 0.25) is 5.91 Å². The smallest absolute Gasteiger partial charge is 0.251 e. The number of nitrogens with one attached hydrogen (secondary N) is 1. The molecule has 1 N–H and O–H groups in total. The predicted molar refractivity (Wildman–Crippen MR) is 119 cm³/mol. The van der Waals surface area contributed by atoms with Crippen LogP contribution in [0.15, 0.2) is 54.6 Å². The van der Waals surface area contributed by atoms with Crippen LogP contribution >= 0.6 is 0 Å². The molecule has 1 aliphatic heterocycles. The number of nitrogens with zero attached hydrogens (tertiary/aromatic N) is 2. The number of piperazine rings is 1. The van der Waals surface area contributed by atoms with Gasteiger partial charge in [-0.15, -0.1) is 0 Å². The van der Waals surface area contributed by atoms with Gasteiger partial charge in [0.15, 0.2) is 0 Å². The van der Waals surface area contributed by atoms with E-state index >= 15 is 0 Å². The molecule has 30 heavy (non-hydrogen) atoms. The third-order valence-electron chi connectivity index (χ3n) is 5.36. The molecular weight excluding hydrogens is 378 g/mol. The maximum absolute atomic E-state index is 13.2. The molecule has 2 aromatic rings. The van der Waals surface area contributed by atoms with Gasteiger partial charge in [0.25, 0.3) is 5.91 Å². The first kappa shape index (κ1) is 21.7. The highest BCUT2D eigenvalue weighted by atomic mass is 16.5. The van der Waals surface area contributed by atoms with Crippen molar-refractivity contribution in [2.45, 2.75) is 26.8 Å². The summed E-state index contributed by atoms with van der Waals surface area (Å²) in [7, 11) is 0. The Labute approximate surface area is 178 Å². The summed E-state index contributed by atoms with van der Waals surface area (Å²) in [5.74, 6) is 0.461. The molecule has 6 nitrogen and oxygen atoms in total. The van der Waals surface area contributed by atoms with Crippen LogP contribution in [0.25, 0.3) is 0 Å². The van der Waals surface area contributed by atoms with E-state index in [9.17, 15) is 9.59 Å². The summed E-state index contributed by atoms with van der Waals surface area (Å²) in [6.45, 7) is 9.28. The zero-order chi connectivity index (χ0) is 21.5. The summed E-state index contributed by atoms with van der Waals surface area (Å²) >= 11 is 0. The molecule has 0 bridgehead atoms. The van der Waals surface area contributed by atoms with Crippen molar-refractivity contribution in [3.05, 3.63) is 60.2 Å². The highest BCUT2D eigenvalue weighted by molar-refractivity contribution is 5.97. The Kier molecular flexibility index (Phi) is 7.33. The molecule has 1 fully saturated rings. The van der Waals surface area contributed by atoms with E-state index in [-0.39, 0.29) is 17.7 Å². The van der Waals surface area contributed by atoms with Crippen molar-refractivity contribution in [1.29, 1.82) is 0 Å². The summed E-state index contributed by atoms with van der Waals surface area (Å²) in [5.41, 5.74) is 1.69. The van der Waals surface area contributed by atoms with Gasteiger partial charge < -0.3 is 19.9 Å². The molecule has 1 atom stereocenters. The first-order valence-electron chi connectivity index (χ1n) is 10.6. The van der Waals surface area contributed by atoms with Gasteiger partial charge in [-0.25, -0.2) is 0 Å². The van der Waals surface area contributed by atoms with Crippen LogP contribution in [0.5, 0.6) is 5.75 Å². The molecule has 1 heterocycles. The third kappa shape index (κ3) is 5.32. The molecule has 2 amide bonds. The number of benzene rings is 2. The van der Waals surface area contributed by atoms with E-state index in [4.69, 9.17) is 4.74 Å². The lowest BCUT2D eigenvalue weighted by Gasteiger charge is -2.38. The molecule has 1 saturated heterocycles. The van der Waals surface area contributed by atoms with E-state index in [2.05, 4.69) is 22.3 Å². The molecule has 6 heteroatoms. The highest BCUT2D eigenvalue weighted by Gasteiger charge is 2.31. The topological polar surface area (TPSA) is 61.9 Å². The number of carbonyl (C=O) groups is 2. The van der Waals surface area contributed by atoms with Gasteiger partial charge in [-0.1, -0.05) is 32.0 Å². The molecule has 0 spiro atoms. The first-order chi connectivity index (χ1) is 14.5. The summed E-state index contributed by atoms with van der Waals surface area (Å²) in [6, 6.07) is 16.7. The van der Waals surface area contributed by atoms with Crippen LogP contribution in [0.1, 0.15) is 31.1 Å². The second-order valence-corrected chi connectivity index (χ2v) is 7.80.